The van der Waals surface area contributed by atoms with Crippen LogP contribution >= 0.6 is 0 Å². The van der Waals surface area contributed by atoms with Crippen molar-refractivity contribution >= 4 is 11.8 Å². The number of carbonyl (C=O) groups excluding carboxylic acids is 2. The van der Waals surface area contributed by atoms with Crippen molar-refractivity contribution in [3.63, 3.8) is 0 Å². The maximum Gasteiger partial charge on any atom is 0.279 e. The Hall–Kier alpha value is -2.30. The minimum Gasteiger partial charge on any atom is -0.480 e. The predicted molar refractivity (Wildman–Crippen MR) is 91.0 cm³/mol. The van der Waals surface area contributed by atoms with Gasteiger partial charge in [0.05, 0.1) is 5.92 Å². The van der Waals surface area contributed by atoms with Crippen LogP contribution in [-0.4, -0.2) is 17.9 Å². The Kier molecular flexibility index (Phi) is 4.11. The summed E-state index contributed by atoms with van der Waals surface area (Å²) in [5.41, 5.74) is 7.20. The highest BCUT2D eigenvalue weighted by Gasteiger charge is 2.60. The van der Waals surface area contributed by atoms with Gasteiger partial charge in [0.15, 0.2) is 6.10 Å². The average molecular weight is 328 g/mol. The number of benzene rings is 1. The first-order valence-corrected chi connectivity index (χ1v) is 8.30. The van der Waals surface area contributed by atoms with Gasteiger partial charge < -0.3 is 4.74 Å². The number of allylic oxidation sites excluding steroid dienone is 2. The molecule has 128 valence electrons. The Bertz CT molecular complexity index is 679. The van der Waals surface area contributed by atoms with Crippen molar-refractivity contribution in [2.24, 2.45) is 17.3 Å². The SMILES string of the molecule is CC(C)=CC1C(C(=O)NNC(=O)C2Cc3ccccc3O2)C1(C)C. The van der Waals surface area contributed by atoms with Gasteiger partial charge >= 0.3 is 0 Å². The van der Waals surface area contributed by atoms with Gasteiger partial charge in [-0.2, -0.15) is 0 Å². The molecule has 1 aromatic rings. The first kappa shape index (κ1) is 16.6. The van der Waals surface area contributed by atoms with E-state index in [9.17, 15) is 9.59 Å². The zero-order valence-corrected chi connectivity index (χ0v) is 14.6. The Balaban J connectivity index is 1.53. The van der Waals surface area contributed by atoms with Gasteiger partial charge in [-0.1, -0.05) is 43.7 Å². The van der Waals surface area contributed by atoms with Crippen molar-refractivity contribution in [1.29, 1.82) is 0 Å². The fourth-order valence-electron chi connectivity index (χ4n) is 3.46. The molecule has 1 aromatic carbocycles. The second-order valence-electron chi connectivity index (χ2n) is 7.47. The summed E-state index contributed by atoms with van der Waals surface area (Å²) in [6.07, 6.45) is 2.05. The van der Waals surface area contributed by atoms with Crippen LogP contribution < -0.4 is 15.6 Å². The van der Waals surface area contributed by atoms with E-state index >= 15 is 0 Å². The van der Waals surface area contributed by atoms with Gasteiger partial charge in [0.25, 0.3) is 5.91 Å². The molecule has 5 nitrogen and oxygen atoms in total. The third kappa shape index (κ3) is 3.03. The molecule has 0 aromatic heterocycles. The molecule has 5 heteroatoms. The number of rotatable bonds is 3. The summed E-state index contributed by atoms with van der Waals surface area (Å²) in [7, 11) is 0. The van der Waals surface area contributed by atoms with Gasteiger partial charge in [0, 0.05) is 6.42 Å². The average Bonchev–Trinajstić information content (AvgIpc) is 2.88. The number of para-hydroxylation sites is 1. The highest BCUT2D eigenvalue weighted by Crippen LogP contribution is 2.59. The zero-order chi connectivity index (χ0) is 17.5. The van der Waals surface area contributed by atoms with Gasteiger partial charge in [-0.05, 0) is 36.8 Å². The molecule has 3 atom stereocenters. The molecule has 1 heterocycles. The molecule has 3 unspecified atom stereocenters. The highest BCUT2D eigenvalue weighted by atomic mass is 16.5. The largest absolute Gasteiger partial charge is 0.480 e. The monoisotopic (exact) mass is 328 g/mol. The topological polar surface area (TPSA) is 67.4 Å². The van der Waals surface area contributed by atoms with Crippen LogP contribution in [0.3, 0.4) is 0 Å². The van der Waals surface area contributed by atoms with Crippen LogP contribution in [0.25, 0.3) is 0 Å². The summed E-state index contributed by atoms with van der Waals surface area (Å²) in [4.78, 5) is 24.6. The van der Waals surface area contributed by atoms with Crippen LogP contribution in [0, 0.1) is 17.3 Å². The molecule has 0 saturated heterocycles. The van der Waals surface area contributed by atoms with Crippen molar-refractivity contribution in [1.82, 2.24) is 10.9 Å². The van der Waals surface area contributed by atoms with Crippen molar-refractivity contribution < 1.29 is 14.3 Å². The summed E-state index contributed by atoms with van der Waals surface area (Å²) >= 11 is 0. The van der Waals surface area contributed by atoms with Gasteiger partial charge in [0.2, 0.25) is 5.91 Å². The van der Waals surface area contributed by atoms with Gasteiger partial charge in [0.1, 0.15) is 5.75 Å². The molecular formula is C19H24N2O3. The van der Waals surface area contributed by atoms with E-state index in [1.807, 2.05) is 38.1 Å². The fourth-order valence-corrected chi connectivity index (χ4v) is 3.46. The molecule has 0 bridgehead atoms. The molecule has 0 spiro atoms. The minimum atomic E-state index is -0.594. The first-order chi connectivity index (χ1) is 11.3. The van der Waals surface area contributed by atoms with Crippen molar-refractivity contribution in [3.8, 4) is 5.75 Å². The maximum absolute atomic E-state index is 12.4. The summed E-state index contributed by atoms with van der Waals surface area (Å²) in [5.74, 6) is 0.361. The van der Waals surface area contributed by atoms with E-state index in [2.05, 4.69) is 30.8 Å². The summed E-state index contributed by atoms with van der Waals surface area (Å²) < 4.78 is 5.62. The van der Waals surface area contributed by atoms with Crippen LogP contribution in [0.15, 0.2) is 35.9 Å². The molecule has 0 radical (unpaired) electrons. The molecule has 3 rings (SSSR count). The molecule has 2 amide bonds. The smallest absolute Gasteiger partial charge is 0.279 e. The van der Waals surface area contributed by atoms with Crippen molar-refractivity contribution in [3.05, 3.63) is 41.5 Å². The van der Waals surface area contributed by atoms with Crippen LogP contribution in [0.2, 0.25) is 0 Å². The Morgan fingerprint density at radius 2 is 1.83 bits per heavy atom. The second-order valence-corrected chi connectivity index (χ2v) is 7.47. The van der Waals surface area contributed by atoms with Crippen LogP contribution in [0.1, 0.15) is 33.3 Å². The van der Waals surface area contributed by atoms with Crippen LogP contribution in [0.5, 0.6) is 5.75 Å². The predicted octanol–water partition coefficient (Wildman–Crippen LogP) is 2.38. The van der Waals surface area contributed by atoms with Crippen LogP contribution in [0.4, 0.5) is 0 Å². The van der Waals surface area contributed by atoms with Gasteiger partial charge in [-0.3, -0.25) is 20.4 Å². The lowest BCUT2D eigenvalue weighted by Crippen LogP contribution is -2.48. The lowest BCUT2D eigenvalue weighted by atomic mass is 10.1. The molecule has 1 aliphatic carbocycles. The number of amides is 2. The molecule has 1 aliphatic heterocycles. The van der Waals surface area contributed by atoms with Gasteiger partial charge in [-0.15, -0.1) is 0 Å². The first-order valence-electron chi connectivity index (χ1n) is 8.30. The lowest BCUT2D eigenvalue weighted by molar-refractivity contribution is -0.133. The zero-order valence-electron chi connectivity index (χ0n) is 14.6. The molecule has 2 aliphatic rings. The number of fused-ring (bicyclic) bond motifs is 1. The number of hydrogen-bond donors (Lipinski definition) is 2. The van der Waals surface area contributed by atoms with E-state index in [0.717, 1.165) is 11.3 Å². The fraction of sp³-hybridized carbons (Fsp3) is 0.474. The third-order valence-corrected chi connectivity index (χ3v) is 4.95. The highest BCUT2D eigenvalue weighted by molar-refractivity contribution is 5.88. The van der Waals surface area contributed by atoms with E-state index in [-0.39, 0.29) is 29.1 Å². The third-order valence-electron chi connectivity index (χ3n) is 4.95. The number of carbonyl (C=O) groups is 2. The summed E-state index contributed by atoms with van der Waals surface area (Å²) in [6, 6.07) is 7.58. The van der Waals surface area contributed by atoms with E-state index in [4.69, 9.17) is 4.74 Å². The van der Waals surface area contributed by atoms with Gasteiger partial charge in [-0.25, -0.2) is 0 Å². The normalized spacial score (nSPS) is 25.9. The quantitative estimate of drug-likeness (QED) is 0.661. The molecular weight excluding hydrogens is 304 g/mol. The van der Waals surface area contributed by atoms with Crippen molar-refractivity contribution in [2.45, 2.75) is 40.2 Å². The Labute approximate surface area is 142 Å². The lowest BCUT2D eigenvalue weighted by Gasteiger charge is -2.12. The van der Waals surface area contributed by atoms with Crippen LogP contribution in [-0.2, 0) is 16.0 Å². The molecule has 2 N–H and O–H groups in total. The van der Waals surface area contributed by atoms with E-state index in [1.165, 1.54) is 5.57 Å². The molecule has 24 heavy (non-hydrogen) atoms. The van der Waals surface area contributed by atoms with E-state index < -0.39 is 6.10 Å². The number of nitrogens with one attached hydrogen (secondary N) is 2. The Morgan fingerprint density at radius 3 is 2.50 bits per heavy atom. The summed E-state index contributed by atoms with van der Waals surface area (Å²) in [5, 5.41) is 0. The summed E-state index contributed by atoms with van der Waals surface area (Å²) in [6.45, 7) is 8.19. The minimum absolute atomic E-state index is 0.0772. The van der Waals surface area contributed by atoms with E-state index in [1.54, 1.807) is 0 Å². The van der Waals surface area contributed by atoms with E-state index in [0.29, 0.717) is 6.42 Å². The number of hydrogen-bond acceptors (Lipinski definition) is 3. The number of ether oxygens (including phenoxy) is 1. The maximum atomic E-state index is 12.4. The second kappa shape index (κ2) is 5.96. The standard InChI is InChI=1S/C19H24N2O3/c1-11(2)9-13-16(19(13,3)4)18(23)21-20-17(22)15-10-12-7-5-6-8-14(12)24-15/h5-9,13,15-16H,10H2,1-4H3,(H,20,22)(H,21,23). The number of hydrazine groups is 1. The molecule has 1 fully saturated rings. The molecule has 1 saturated carbocycles. The van der Waals surface area contributed by atoms with Crippen molar-refractivity contribution in [2.75, 3.05) is 0 Å². The Morgan fingerprint density at radius 1 is 1.17 bits per heavy atom.